The van der Waals surface area contributed by atoms with Gasteiger partial charge in [0.2, 0.25) is 11.6 Å². The summed E-state index contributed by atoms with van der Waals surface area (Å²) in [6.45, 7) is 15.0. The van der Waals surface area contributed by atoms with E-state index < -0.39 is 11.2 Å². The molecule has 238 valence electrons. The summed E-state index contributed by atoms with van der Waals surface area (Å²) in [6, 6.07) is 17.1. The maximum Gasteiger partial charge on any atom is 0.333 e. The molecule has 7 heteroatoms. The SMILES string of the molecule is CCN1/C(=C/C=C2CCC(C=CC3=[N+](CC)c4ccccc4C3(C)C)=C2c2c(O)n(C)c(=O)n(C)c2=O)C(C)(C)c2ccccc21. The quantitative estimate of drug-likeness (QED) is 0.316. The molecule has 0 saturated heterocycles. The summed E-state index contributed by atoms with van der Waals surface area (Å²) in [4.78, 5) is 28.8. The van der Waals surface area contributed by atoms with Gasteiger partial charge in [0.05, 0.1) is 5.41 Å². The van der Waals surface area contributed by atoms with Crippen LogP contribution in [0.4, 0.5) is 11.4 Å². The lowest BCUT2D eigenvalue weighted by molar-refractivity contribution is -0.433. The van der Waals surface area contributed by atoms with Crippen molar-refractivity contribution in [2.45, 2.75) is 65.2 Å². The molecule has 46 heavy (non-hydrogen) atoms. The first-order chi connectivity index (χ1) is 21.9. The van der Waals surface area contributed by atoms with Gasteiger partial charge in [-0.25, -0.2) is 4.79 Å². The summed E-state index contributed by atoms with van der Waals surface area (Å²) in [6.07, 6.45) is 10.0. The molecule has 3 aromatic rings. The van der Waals surface area contributed by atoms with Crippen LogP contribution < -0.4 is 16.1 Å². The summed E-state index contributed by atoms with van der Waals surface area (Å²) in [5.41, 5.74) is 8.72. The minimum atomic E-state index is -0.557. The monoisotopic (exact) mass is 617 g/mol. The van der Waals surface area contributed by atoms with Gasteiger partial charge < -0.3 is 10.0 Å². The van der Waals surface area contributed by atoms with Crippen LogP contribution in [0.5, 0.6) is 5.88 Å². The van der Waals surface area contributed by atoms with E-state index in [0.717, 1.165) is 33.4 Å². The lowest BCUT2D eigenvalue weighted by Gasteiger charge is -2.26. The smallest absolute Gasteiger partial charge is 0.333 e. The highest BCUT2D eigenvalue weighted by molar-refractivity contribution is 6.03. The maximum atomic E-state index is 13.7. The number of allylic oxidation sites excluding steroid dienone is 8. The zero-order valence-electron chi connectivity index (χ0n) is 28.3. The Hall–Kier alpha value is -4.65. The third-order valence-corrected chi connectivity index (χ3v) is 10.3. The molecule has 7 nitrogen and oxygen atoms in total. The Morgan fingerprint density at radius 3 is 2.22 bits per heavy atom. The van der Waals surface area contributed by atoms with Crippen LogP contribution in [0.1, 0.15) is 71.1 Å². The number of aromatic nitrogens is 2. The molecule has 0 spiro atoms. The number of aromatic hydroxyl groups is 1. The van der Waals surface area contributed by atoms with E-state index in [1.165, 1.54) is 48.0 Å². The number of nitrogens with zero attached hydrogens (tertiary/aromatic N) is 4. The summed E-state index contributed by atoms with van der Waals surface area (Å²) in [5, 5.41) is 11.3. The highest BCUT2D eigenvalue weighted by atomic mass is 16.3. The molecular weight excluding hydrogens is 572 g/mol. The van der Waals surface area contributed by atoms with Gasteiger partial charge in [-0.05, 0) is 75.0 Å². The van der Waals surface area contributed by atoms with E-state index in [4.69, 9.17) is 0 Å². The van der Waals surface area contributed by atoms with E-state index >= 15 is 0 Å². The minimum Gasteiger partial charge on any atom is -0.494 e. The molecule has 0 bridgehead atoms. The number of benzene rings is 2. The molecule has 0 atom stereocenters. The molecule has 0 amide bonds. The number of rotatable bonds is 6. The van der Waals surface area contributed by atoms with Gasteiger partial charge >= 0.3 is 5.69 Å². The Morgan fingerprint density at radius 2 is 1.52 bits per heavy atom. The predicted molar refractivity (Wildman–Crippen MR) is 187 cm³/mol. The summed E-state index contributed by atoms with van der Waals surface area (Å²) >= 11 is 0. The lowest BCUT2D eigenvalue weighted by Crippen LogP contribution is -2.38. The first-order valence-corrected chi connectivity index (χ1v) is 16.3. The fourth-order valence-corrected chi connectivity index (χ4v) is 7.75. The van der Waals surface area contributed by atoms with Gasteiger partial charge in [0.15, 0.2) is 5.71 Å². The largest absolute Gasteiger partial charge is 0.494 e. The van der Waals surface area contributed by atoms with Crippen molar-refractivity contribution >= 4 is 22.7 Å². The molecule has 0 saturated carbocycles. The van der Waals surface area contributed by atoms with Gasteiger partial charge in [0.1, 0.15) is 12.1 Å². The van der Waals surface area contributed by atoms with E-state index in [1.807, 2.05) is 0 Å². The van der Waals surface area contributed by atoms with Gasteiger partial charge in [0, 0.05) is 55.1 Å². The Kier molecular flexibility index (Phi) is 7.70. The number of hydrogen-bond acceptors (Lipinski definition) is 4. The normalized spacial score (nSPS) is 20.1. The summed E-state index contributed by atoms with van der Waals surface area (Å²) in [5.74, 6) is -0.310. The number of likely N-dealkylation sites (N-methyl/N-ethyl adjacent to an activating group) is 1. The zero-order valence-corrected chi connectivity index (χ0v) is 28.3. The first-order valence-electron chi connectivity index (χ1n) is 16.3. The molecule has 6 rings (SSSR count). The fraction of sp³-hybridized carbons (Fsp3) is 0.359. The van der Waals surface area contributed by atoms with E-state index in [1.54, 1.807) is 0 Å². The highest BCUT2D eigenvalue weighted by Gasteiger charge is 2.44. The van der Waals surface area contributed by atoms with Crippen LogP contribution in [0, 0.1) is 0 Å². The molecule has 1 N–H and O–H groups in total. The Labute approximate surface area is 271 Å². The fourth-order valence-electron chi connectivity index (χ4n) is 7.75. The Bertz CT molecular complexity index is 2050. The standard InChI is InChI=1S/C39H44N4O3/c1-9-42-29-17-13-11-15-27(29)38(3,4)31(42)23-21-25-19-20-26(33(25)34-35(44)40(7)37(46)41(8)36(34)45)22-24-32-39(5,6)28-16-12-14-18-30(28)43(32)10-2/h11-18,21-24H,9-10,19-20H2,1-8H3/p+1/b25-21?,31-23+. The molecule has 0 unspecified atom stereocenters. The summed E-state index contributed by atoms with van der Waals surface area (Å²) in [7, 11) is 2.97. The van der Waals surface area contributed by atoms with E-state index in [-0.39, 0.29) is 22.3 Å². The van der Waals surface area contributed by atoms with Crippen molar-refractivity contribution in [3.8, 4) is 5.88 Å². The van der Waals surface area contributed by atoms with Crippen molar-refractivity contribution in [3.05, 3.63) is 127 Å². The third kappa shape index (κ3) is 4.58. The van der Waals surface area contributed by atoms with Gasteiger partial charge in [-0.1, -0.05) is 62.4 Å². The van der Waals surface area contributed by atoms with Crippen molar-refractivity contribution < 1.29 is 9.68 Å². The Balaban J connectivity index is 1.54. The summed E-state index contributed by atoms with van der Waals surface area (Å²) < 4.78 is 4.58. The van der Waals surface area contributed by atoms with Gasteiger partial charge in [-0.2, -0.15) is 4.58 Å². The topological polar surface area (TPSA) is 70.5 Å². The van der Waals surface area contributed by atoms with Gasteiger partial charge in [-0.15, -0.1) is 0 Å². The van der Waals surface area contributed by atoms with Crippen molar-refractivity contribution in [3.63, 3.8) is 0 Å². The van der Waals surface area contributed by atoms with E-state index in [2.05, 4.69) is 124 Å². The predicted octanol–water partition coefficient (Wildman–Crippen LogP) is 6.62. The van der Waals surface area contributed by atoms with Crippen molar-refractivity contribution in [1.82, 2.24) is 9.13 Å². The first kappa shape index (κ1) is 31.3. The number of fused-ring (bicyclic) bond motifs is 2. The lowest BCUT2D eigenvalue weighted by atomic mass is 9.81. The van der Waals surface area contributed by atoms with Crippen LogP contribution in [-0.2, 0) is 24.9 Å². The van der Waals surface area contributed by atoms with Crippen molar-refractivity contribution in [2.24, 2.45) is 14.1 Å². The van der Waals surface area contributed by atoms with Crippen LogP contribution >= 0.6 is 0 Å². The van der Waals surface area contributed by atoms with Crippen molar-refractivity contribution in [2.75, 3.05) is 18.0 Å². The highest BCUT2D eigenvalue weighted by Crippen LogP contribution is 2.48. The molecule has 2 aromatic carbocycles. The van der Waals surface area contributed by atoms with E-state index in [0.29, 0.717) is 18.4 Å². The zero-order chi connectivity index (χ0) is 33.1. The molecule has 2 aliphatic heterocycles. The average Bonchev–Trinajstić information content (AvgIpc) is 3.61. The molecule has 1 aromatic heterocycles. The second-order valence-electron chi connectivity index (χ2n) is 13.5. The number of hydrogen-bond donors (Lipinski definition) is 1. The molecule has 0 fully saturated rings. The van der Waals surface area contributed by atoms with Crippen LogP contribution in [0.25, 0.3) is 5.57 Å². The van der Waals surface area contributed by atoms with Crippen LogP contribution in [0.15, 0.2) is 99.3 Å². The molecule has 1 aliphatic carbocycles. The average molecular weight is 618 g/mol. The number of para-hydroxylation sites is 2. The Morgan fingerprint density at radius 1 is 0.848 bits per heavy atom. The van der Waals surface area contributed by atoms with Crippen LogP contribution in [0.3, 0.4) is 0 Å². The maximum absolute atomic E-state index is 13.7. The van der Waals surface area contributed by atoms with Crippen LogP contribution in [0.2, 0.25) is 0 Å². The van der Waals surface area contributed by atoms with Gasteiger partial charge in [0.25, 0.3) is 5.56 Å². The molecular formula is C39H45N4O3+. The minimum absolute atomic E-state index is 0.166. The number of anilines is 1. The van der Waals surface area contributed by atoms with E-state index in [9.17, 15) is 14.7 Å². The van der Waals surface area contributed by atoms with Crippen molar-refractivity contribution in [1.29, 1.82) is 0 Å². The van der Waals surface area contributed by atoms with Crippen LogP contribution in [-0.4, -0.2) is 37.6 Å². The third-order valence-electron chi connectivity index (χ3n) is 10.3. The molecule has 3 heterocycles. The van der Waals surface area contributed by atoms with Gasteiger partial charge in [-0.3, -0.25) is 13.9 Å². The second-order valence-corrected chi connectivity index (χ2v) is 13.5. The molecule has 3 aliphatic rings. The molecule has 0 radical (unpaired) electrons. The second kappa shape index (κ2) is 11.3.